The maximum atomic E-state index is 12.4. The van der Waals surface area contributed by atoms with Gasteiger partial charge in [-0.3, -0.25) is 4.79 Å². The summed E-state index contributed by atoms with van der Waals surface area (Å²) in [4.78, 5) is 17.1. The van der Waals surface area contributed by atoms with Crippen LogP contribution in [-0.2, 0) is 27.2 Å². The number of carbonyl (C=O) groups is 1. The molecular weight excluding hydrogens is 384 g/mol. The minimum absolute atomic E-state index is 0.271. The number of aromatic nitrogens is 2. The summed E-state index contributed by atoms with van der Waals surface area (Å²) in [5.74, 6) is -0.271. The van der Waals surface area contributed by atoms with Crippen LogP contribution in [0.15, 0.2) is 53.7 Å². The molecule has 0 spiro atoms. The number of fused-ring (bicyclic) bond motifs is 1. The lowest BCUT2D eigenvalue weighted by Crippen LogP contribution is -2.22. The van der Waals surface area contributed by atoms with Crippen LogP contribution in [0.2, 0.25) is 5.02 Å². The van der Waals surface area contributed by atoms with Gasteiger partial charge in [0.2, 0.25) is 0 Å². The number of rotatable bonds is 8. The number of carbonyl (C=O) groups excluding carboxylic acids is 1. The van der Waals surface area contributed by atoms with Crippen molar-refractivity contribution in [1.29, 1.82) is 0 Å². The molecule has 0 radical (unpaired) electrons. The van der Waals surface area contributed by atoms with Crippen LogP contribution >= 0.6 is 23.4 Å². The van der Waals surface area contributed by atoms with Gasteiger partial charge in [0.25, 0.3) is 0 Å². The molecule has 0 N–H and O–H groups in total. The first-order valence-electron chi connectivity index (χ1n) is 8.55. The molecule has 0 unspecified atom stereocenters. The Labute approximate surface area is 167 Å². The Bertz CT molecular complexity index is 914. The average molecular weight is 405 g/mol. The third kappa shape index (κ3) is 4.83. The van der Waals surface area contributed by atoms with Gasteiger partial charge >= 0.3 is 5.97 Å². The zero-order valence-electron chi connectivity index (χ0n) is 15.2. The van der Waals surface area contributed by atoms with Crippen LogP contribution in [-0.4, -0.2) is 41.6 Å². The summed E-state index contributed by atoms with van der Waals surface area (Å²) in [6, 6.07) is 15.5. The van der Waals surface area contributed by atoms with Gasteiger partial charge < -0.3 is 14.0 Å². The Balaban J connectivity index is 1.94. The van der Waals surface area contributed by atoms with Crippen molar-refractivity contribution in [2.75, 3.05) is 20.8 Å². The van der Waals surface area contributed by atoms with E-state index in [0.717, 1.165) is 21.8 Å². The minimum Gasteiger partial charge on any atom is -0.468 e. The second kappa shape index (κ2) is 9.26. The van der Waals surface area contributed by atoms with Crippen molar-refractivity contribution in [3.8, 4) is 0 Å². The number of esters is 1. The number of ether oxygens (including phenoxy) is 2. The van der Waals surface area contributed by atoms with Crippen molar-refractivity contribution < 1.29 is 14.3 Å². The molecule has 0 amide bonds. The van der Waals surface area contributed by atoms with Crippen LogP contribution in [0.3, 0.4) is 0 Å². The zero-order chi connectivity index (χ0) is 19.2. The number of hydrogen-bond donors (Lipinski definition) is 0. The van der Waals surface area contributed by atoms with Gasteiger partial charge in [-0.2, -0.15) is 0 Å². The molecule has 142 valence electrons. The number of halogens is 1. The van der Waals surface area contributed by atoms with E-state index in [9.17, 15) is 4.79 Å². The first kappa shape index (κ1) is 19.7. The number of benzene rings is 2. The summed E-state index contributed by atoms with van der Waals surface area (Å²) >= 11 is 7.52. The van der Waals surface area contributed by atoms with Crippen LogP contribution in [0.5, 0.6) is 0 Å². The number of hydrogen-bond acceptors (Lipinski definition) is 5. The first-order chi connectivity index (χ1) is 13.1. The summed E-state index contributed by atoms with van der Waals surface area (Å²) in [6.07, 6.45) is 0.562. The maximum Gasteiger partial charge on any atom is 0.319 e. The number of methoxy groups -OCH3 is 2. The topological polar surface area (TPSA) is 53.4 Å². The Hall–Kier alpha value is -2.02. The third-order valence-corrected chi connectivity index (χ3v) is 5.57. The summed E-state index contributed by atoms with van der Waals surface area (Å²) in [5.41, 5.74) is 2.83. The Morgan fingerprint density at radius 2 is 2.00 bits per heavy atom. The molecule has 2 aromatic carbocycles. The van der Waals surface area contributed by atoms with Gasteiger partial charge in [-0.25, -0.2) is 4.98 Å². The highest BCUT2D eigenvalue weighted by Gasteiger charge is 2.24. The van der Waals surface area contributed by atoms with Crippen molar-refractivity contribution in [3.05, 3.63) is 59.1 Å². The van der Waals surface area contributed by atoms with Crippen LogP contribution in [0, 0.1) is 0 Å². The molecule has 0 saturated carbocycles. The highest BCUT2D eigenvalue weighted by Crippen LogP contribution is 2.30. The molecular formula is C20H21ClN2O3S. The summed E-state index contributed by atoms with van der Waals surface area (Å²) < 4.78 is 12.3. The number of imidazole rings is 1. The van der Waals surface area contributed by atoms with Gasteiger partial charge in [0.1, 0.15) is 5.25 Å². The normalized spacial score (nSPS) is 12.3. The molecule has 3 aromatic rings. The molecule has 27 heavy (non-hydrogen) atoms. The van der Waals surface area contributed by atoms with Gasteiger partial charge in [-0.1, -0.05) is 53.7 Å². The van der Waals surface area contributed by atoms with Crippen molar-refractivity contribution in [2.45, 2.75) is 23.4 Å². The lowest BCUT2D eigenvalue weighted by molar-refractivity contribution is -0.139. The molecule has 1 aromatic heterocycles. The van der Waals surface area contributed by atoms with Crippen molar-refractivity contribution in [1.82, 2.24) is 9.55 Å². The van der Waals surface area contributed by atoms with Gasteiger partial charge in [0, 0.05) is 18.7 Å². The molecule has 0 bridgehead atoms. The molecule has 0 aliphatic heterocycles. The van der Waals surface area contributed by atoms with Gasteiger partial charge in [0.15, 0.2) is 5.16 Å². The van der Waals surface area contributed by atoms with Crippen molar-refractivity contribution in [3.63, 3.8) is 0 Å². The van der Waals surface area contributed by atoms with E-state index in [2.05, 4.69) is 4.57 Å². The second-order valence-corrected chi connectivity index (χ2v) is 7.60. The molecule has 0 saturated heterocycles. The fourth-order valence-electron chi connectivity index (χ4n) is 2.83. The molecule has 0 aliphatic carbocycles. The fraction of sp³-hybridized carbons (Fsp3) is 0.300. The summed E-state index contributed by atoms with van der Waals surface area (Å²) in [6.45, 7) is 1.18. The predicted octanol–water partition coefficient (Wildman–Crippen LogP) is 4.21. The Morgan fingerprint density at radius 3 is 2.70 bits per heavy atom. The molecule has 3 rings (SSSR count). The van der Waals surface area contributed by atoms with Crippen LogP contribution in [0.1, 0.15) is 5.56 Å². The first-order valence-corrected chi connectivity index (χ1v) is 9.81. The van der Waals surface area contributed by atoms with Gasteiger partial charge in [-0.05, 0) is 30.2 Å². The van der Waals surface area contributed by atoms with E-state index in [4.69, 9.17) is 26.1 Å². The van der Waals surface area contributed by atoms with Crippen LogP contribution < -0.4 is 0 Å². The third-order valence-electron chi connectivity index (χ3n) is 4.17. The highest BCUT2D eigenvalue weighted by molar-refractivity contribution is 8.00. The second-order valence-electron chi connectivity index (χ2n) is 5.99. The van der Waals surface area contributed by atoms with Crippen LogP contribution in [0.25, 0.3) is 11.0 Å². The van der Waals surface area contributed by atoms with E-state index >= 15 is 0 Å². The number of thioether (sulfide) groups is 1. The number of nitrogens with zero attached hydrogens (tertiary/aromatic N) is 2. The Kier molecular flexibility index (Phi) is 6.77. The molecule has 1 atom stereocenters. The largest absolute Gasteiger partial charge is 0.468 e. The molecule has 0 aliphatic rings. The lowest BCUT2D eigenvalue weighted by Gasteiger charge is -2.15. The summed E-state index contributed by atoms with van der Waals surface area (Å²) in [7, 11) is 3.07. The van der Waals surface area contributed by atoms with Gasteiger partial charge in [0.05, 0.1) is 24.8 Å². The van der Waals surface area contributed by atoms with E-state index in [-0.39, 0.29) is 5.97 Å². The van der Waals surface area contributed by atoms with E-state index in [0.29, 0.717) is 24.6 Å². The van der Waals surface area contributed by atoms with E-state index in [1.54, 1.807) is 7.11 Å². The van der Waals surface area contributed by atoms with E-state index in [1.807, 2.05) is 48.5 Å². The standard InChI is InChI=1S/C20H21ClN2O3S/c1-25-11-10-23-17-9-8-15(21)13-16(17)22-20(23)27-18(19(24)26-2)12-14-6-4-3-5-7-14/h3-9,13,18H,10-12H2,1-2H3/t18-/m1/s1. The molecule has 1 heterocycles. The monoisotopic (exact) mass is 404 g/mol. The van der Waals surface area contributed by atoms with E-state index in [1.165, 1.54) is 18.9 Å². The zero-order valence-corrected chi connectivity index (χ0v) is 16.8. The molecule has 7 heteroatoms. The average Bonchev–Trinajstić information content (AvgIpc) is 3.02. The fourth-order valence-corrected chi connectivity index (χ4v) is 4.19. The quantitative estimate of drug-likeness (QED) is 0.415. The lowest BCUT2D eigenvalue weighted by atomic mass is 10.1. The van der Waals surface area contributed by atoms with Crippen molar-refractivity contribution in [2.24, 2.45) is 0 Å². The highest BCUT2D eigenvalue weighted by atomic mass is 35.5. The SMILES string of the molecule is COCCn1c(S[C@H](Cc2ccccc2)C(=O)OC)nc2cc(Cl)ccc21. The van der Waals surface area contributed by atoms with Crippen LogP contribution in [0.4, 0.5) is 0 Å². The van der Waals surface area contributed by atoms with Gasteiger partial charge in [-0.15, -0.1) is 0 Å². The predicted molar refractivity (Wildman–Crippen MR) is 108 cm³/mol. The maximum absolute atomic E-state index is 12.4. The smallest absolute Gasteiger partial charge is 0.319 e. The Morgan fingerprint density at radius 1 is 1.22 bits per heavy atom. The summed E-state index contributed by atoms with van der Waals surface area (Å²) in [5, 5.41) is 0.978. The molecule has 5 nitrogen and oxygen atoms in total. The van der Waals surface area contributed by atoms with Crippen molar-refractivity contribution >= 4 is 40.4 Å². The van der Waals surface area contributed by atoms with E-state index < -0.39 is 5.25 Å². The minimum atomic E-state index is -0.397. The molecule has 0 fully saturated rings.